The van der Waals surface area contributed by atoms with Gasteiger partial charge in [-0.15, -0.1) is 10.2 Å². The summed E-state index contributed by atoms with van der Waals surface area (Å²) in [4.78, 5) is 8.41. The Labute approximate surface area is 135 Å². The van der Waals surface area contributed by atoms with E-state index >= 15 is 0 Å². The third kappa shape index (κ3) is 2.43. The van der Waals surface area contributed by atoms with Gasteiger partial charge in [0.25, 0.3) is 0 Å². The molecule has 0 N–H and O–H groups in total. The first-order valence-corrected chi connectivity index (χ1v) is 7.17. The van der Waals surface area contributed by atoms with Crippen LogP contribution in [-0.4, -0.2) is 24.6 Å². The Kier molecular flexibility index (Phi) is 3.24. The van der Waals surface area contributed by atoms with Crippen LogP contribution in [0.2, 0.25) is 5.02 Å². The van der Waals surface area contributed by atoms with Crippen molar-refractivity contribution in [1.82, 2.24) is 24.6 Å². The molecule has 0 aliphatic heterocycles. The summed E-state index contributed by atoms with van der Waals surface area (Å²) in [5.74, 6) is 0.0815. The highest BCUT2D eigenvalue weighted by Gasteiger charge is 2.11. The Hall–Kier alpha value is -2.86. The lowest BCUT2D eigenvalue weighted by Gasteiger charge is -2.03. The molecule has 4 aromatic rings. The Bertz CT molecular complexity index is 1000. The zero-order chi connectivity index (χ0) is 15.8. The number of rotatable bonds is 2. The first-order valence-electron chi connectivity index (χ1n) is 6.79. The minimum absolute atomic E-state index is 0.0422. The average molecular weight is 326 g/mol. The maximum absolute atomic E-state index is 13.3. The molecule has 0 unspecified atom stereocenters. The van der Waals surface area contributed by atoms with Crippen molar-refractivity contribution in [3.63, 3.8) is 0 Å². The van der Waals surface area contributed by atoms with E-state index in [0.717, 1.165) is 11.3 Å². The van der Waals surface area contributed by atoms with Crippen LogP contribution in [0.1, 0.15) is 0 Å². The molecule has 0 bridgehead atoms. The Balaban J connectivity index is 1.83. The Morgan fingerprint density at radius 3 is 2.57 bits per heavy atom. The lowest BCUT2D eigenvalue weighted by Crippen LogP contribution is -1.93. The molecule has 0 atom stereocenters. The molecule has 3 aromatic heterocycles. The van der Waals surface area contributed by atoms with Crippen molar-refractivity contribution in [3.05, 3.63) is 66.0 Å². The molecule has 0 spiro atoms. The van der Waals surface area contributed by atoms with Crippen molar-refractivity contribution in [1.29, 1.82) is 0 Å². The normalized spacial score (nSPS) is 11.0. The van der Waals surface area contributed by atoms with Crippen LogP contribution < -0.4 is 0 Å². The van der Waals surface area contributed by atoms with Crippen LogP contribution in [0.4, 0.5) is 4.39 Å². The van der Waals surface area contributed by atoms with Crippen LogP contribution in [0.15, 0.2) is 55.1 Å². The fourth-order valence-corrected chi connectivity index (χ4v) is 2.49. The van der Waals surface area contributed by atoms with Crippen molar-refractivity contribution in [2.24, 2.45) is 0 Å². The summed E-state index contributed by atoms with van der Waals surface area (Å²) in [5.41, 5.74) is 3.03. The lowest BCUT2D eigenvalue weighted by molar-refractivity contribution is 0.628. The van der Waals surface area contributed by atoms with Crippen LogP contribution in [0.3, 0.4) is 0 Å². The molecule has 112 valence electrons. The molecule has 3 heterocycles. The van der Waals surface area contributed by atoms with Crippen LogP contribution in [-0.2, 0) is 0 Å². The number of halogens is 2. The molecule has 5 nitrogen and oxygen atoms in total. The second-order valence-corrected chi connectivity index (χ2v) is 5.30. The van der Waals surface area contributed by atoms with E-state index in [-0.39, 0.29) is 5.02 Å². The van der Waals surface area contributed by atoms with E-state index in [1.54, 1.807) is 29.2 Å². The molecular weight excluding hydrogens is 317 g/mol. The molecule has 23 heavy (non-hydrogen) atoms. The number of fused-ring (bicyclic) bond motifs is 1. The summed E-state index contributed by atoms with van der Waals surface area (Å²) < 4.78 is 15.0. The van der Waals surface area contributed by atoms with Gasteiger partial charge in [-0.25, -0.2) is 9.37 Å². The topological polar surface area (TPSA) is 56.0 Å². The molecule has 0 aliphatic rings. The van der Waals surface area contributed by atoms with Crippen molar-refractivity contribution < 1.29 is 4.39 Å². The monoisotopic (exact) mass is 325 g/mol. The molecule has 0 amide bonds. The summed E-state index contributed by atoms with van der Waals surface area (Å²) >= 11 is 5.83. The van der Waals surface area contributed by atoms with Gasteiger partial charge in [-0.2, -0.15) is 0 Å². The van der Waals surface area contributed by atoms with E-state index in [0.29, 0.717) is 17.0 Å². The molecule has 0 aliphatic carbocycles. The second kappa shape index (κ2) is 5.40. The van der Waals surface area contributed by atoms with Gasteiger partial charge in [0.05, 0.1) is 10.7 Å². The van der Waals surface area contributed by atoms with Crippen LogP contribution in [0.25, 0.3) is 28.3 Å². The molecule has 0 radical (unpaired) electrons. The second-order valence-electron chi connectivity index (χ2n) is 4.89. The van der Waals surface area contributed by atoms with Crippen LogP contribution in [0, 0.1) is 5.82 Å². The first-order chi connectivity index (χ1) is 11.2. The lowest BCUT2D eigenvalue weighted by atomic mass is 10.2. The number of nitrogens with zero attached hydrogens (tertiary/aromatic N) is 5. The highest BCUT2D eigenvalue weighted by molar-refractivity contribution is 6.31. The van der Waals surface area contributed by atoms with Gasteiger partial charge in [-0.3, -0.25) is 9.38 Å². The van der Waals surface area contributed by atoms with Gasteiger partial charge in [0.15, 0.2) is 11.5 Å². The number of pyridine rings is 1. The van der Waals surface area contributed by atoms with E-state index in [1.165, 1.54) is 12.1 Å². The van der Waals surface area contributed by atoms with E-state index in [1.807, 2.05) is 18.2 Å². The van der Waals surface area contributed by atoms with Gasteiger partial charge in [0.2, 0.25) is 0 Å². The van der Waals surface area contributed by atoms with Gasteiger partial charge in [0.1, 0.15) is 12.1 Å². The first kappa shape index (κ1) is 13.8. The maximum atomic E-state index is 13.3. The molecule has 4 rings (SSSR count). The van der Waals surface area contributed by atoms with E-state index in [9.17, 15) is 4.39 Å². The van der Waals surface area contributed by atoms with Gasteiger partial charge in [0, 0.05) is 29.6 Å². The fraction of sp³-hybridized carbons (Fsp3) is 0. The standard InChI is InChI=1S/C16H9ClFN5/c17-12-7-11(1-2-13(12)18)16-22-21-15-8-14(20-9-23(15)16)10-3-5-19-6-4-10/h1-9H. The summed E-state index contributed by atoms with van der Waals surface area (Å²) in [6, 6.07) is 10.00. The SMILES string of the molecule is Fc1ccc(-c2nnc3cc(-c4ccncc4)ncn23)cc1Cl. The third-order valence-corrected chi connectivity index (χ3v) is 3.74. The molecular formula is C16H9ClFN5. The zero-order valence-corrected chi connectivity index (χ0v) is 12.4. The smallest absolute Gasteiger partial charge is 0.169 e. The summed E-state index contributed by atoms with van der Waals surface area (Å²) in [6.07, 6.45) is 5.05. The Morgan fingerprint density at radius 2 is 1.78 bits per heavy atom. The zero-order valence-electron chi connectivity index (χ0n) is 11.7. The number of hydrogen-bond acceptors (Lipinski definition) is 4. The largest absolute Gasteiger partial charge is 0.265 e. The molecule has 1 aromatic carbocycles. The summed E-state index contributed by atoms with van der Waals surface area (Å²) in [7, 11) is 0. The van der Waals surface area contributed by atoms with Gasteiger partial charge < -0.3 is 0 Å². The predicted octanol–water partition coefficient (Wildman–Crippen LogP) is 3.65. The molecule has 0 saturated heterocycles. The van der Waals surface area contributed by atoms with E-state index in [4.69, 9.17) is 11.6 Å². The Morgan fingerprint density at radius 1 is 0.957 bits per heavy atom. The minimum Gasteiger partial charge on any atom is -0.265 e. The number of aromatic nitrogens is 5. The molecule has 0 saturated carbocycles. The van der Waals surface area contributed by atoms with Crippen LogP contribution >= 0.6 is 11.6 Å². The number of hydrogen-bond donors (Lipinski definition) is 0. The summed E-state index contributed by atoms with van der Waals surface area (Å²) in [6.45, 7) is 0. The molecule has 7 heteroatoms. The summed E-state index contributed by atoms with van der Waals surface area (Å²) in [5, 5.41) is 8.35. The quantitative estimate of drug-likeness (QED) is 0.564. The van der Waals surface area contributed by atoms with Crippen molar-refractivity contribution in [2.75, 3.05) is 0 Å². The average Bonchev–Trinajstić information content (AvgIpc) is 3.01. The predicted molar refractivity (Wildman–Crippen MR) is 84.4 cm³/mol. The van der Waals surface area contributed by atoms with Gasteiger partial charge in [-0.1, -0.05) is 11.6 Å². The van der Waals surface area contributed by atoms with Crippen molar-refractivity contribution in [3.8, 4) is 22.6 Å². The highest BCUT2D eigenvalue weighted by Crippen LogP contribution is 2.25. The maximum Gasteiger partial charge on any atom is 0.169 e. The fourth-order valence-electron chi connectivity index (χ4n) is 2.31. The van der Waals surface area contributed by atoms with Crippen molar-refractivity contribution >= 4 is 17.2 Å². The third-order valence-electron chi connectivity index (χ3n) is 3.45. The van der Waals surface area contributed by atoms with Gasteiger partial charge >= 0.3 is 0 Å². The van der Waals surface area contributed by atoms with Crippen molar-refractivity contribution in [2.45, 2.75) is 0 Å². The van der Waals surface area contributed by atoms with E-state index in [2.05, 4.69) is 20.2 Å². The highest BCUT2D eigenvalue weighted by atomic mass is 35.5. The van der Waals surface area contributed by atoms with Gasteiger partial charge in [-0.05, 0) is 30.3 Å². The number of benzene rings is 1. The minimum atomic E-state index is -0.470. The van der Waals surface area contributed by atoms with E-state index < -0.39 is 5.82 Å². The van der Waals surface area contributed by atoms with Crippen LogP contribution in [0.5, 0.6) is 0 Å². The molecule has 0 fully saturated rings.